The second-order valence-corrected chi connectivity index (χ2v) is 6.89. The maximum Gasteiger partial charge on any atom is 0.254 e. The van der Waals surface area contributed by atoms with E-state index in [1.807, 2.05) is 37.3 Å². The fourth-order valence-corrected chi connectivity index (χ4v) is 3.25. The lowest BCUT2D eigenvalue weighted by molar-refractivity contribution is 0.0742. The van der Waals surface area contributed by atoms with Gasteiger partial charge in [0.2, 0.25) is 0 Å². The van der Waals surface area contributed by atoms with Gasteiger partial charge >= 0.3 is 0 Å². The van der Waals surface area contributed by atoms with Gasteiger partial charge in [-0.1, -0.05) is 41.4 Å². The van der Waals surface area contributed by atoms with Gasteiger partial charge in [0.25, 0.3) is 5.91 Å². The molecule has 1 unspecified atom stereocenters. The Morgan fingerprint density at radius 2 is 1.92 bits per heavy atom. The Balaban J connectivity index is 1.73. The molecule has 2 aromatic carbocycles. The lowest BCUT2D eigenvalue weighted by atomic mass is 10.1. The number of hydrogen-bond acceptors (Lipinski definition) is 3. The van der Waals surface area contributed by atoms with Crippen molar-refractivity contribution in [1.82, 2.24) is 19.7 Å². The summed E-state index contributed by atoms with van der Waals surface area (Å²) in [5.41, 5.74) is 2.52. The zero-order valence-corrected chi connectivity index (χ0v) is 15.9. The van der Waals surface area contributed by atoms with E-state index in [1.54, 1.807) is 35.1 Å². The number of rotatable bonds is 5. The predicted molar refractivity (Wildman–Crippen MR) is 103 cm³/mol. The van der Waals surface area contributed by atoms with Crippen molar-refractivity contribution in [2.75, 3.05) is 7.05 Å². The van der Waals surface area contributed by atoms with Gasteiger partial charge in [-0.25, -0.2) is 9.67 Å². The summed E-state index contributed by atoms with van der Waals surface area (Å²) in [6.07, 6.45) is 3.15. The maximum absolute atomic E-state index is 12.8. The molecular formula is C19H18Cl2N4O. The number of benzene rings is 2. The van der Waals surface area contributed by atoms with E-state index in [1.165, 1.54) is 6.33 Å². The minimum Gasteiger partial charge on any atom is -0.335 e. The molecule has 1 amide bonds. The van der Waals surface area contributed by atoms with Crippen LogP contribution in [0.25, 0.3) is 0 Å². The summed E-state index contributed by atoms with van der Waals surface area (Å²) in [5.74, 6) is -0.0733. The van der Waals surface area contributed by atoms with Crippen LogP contribution < -0.4 is 0 Å². The molecule has 0 aliphatic carbocycles. The van der Waals surface area contributed by atoms with E-state index in [9.17, 15) is 4.79 Å². The van der Waals surface area contributed by atoms with Crippen molar-refractivity contribution in [3.05, 3.63) is 81.9 Å². The van der Waals surface area contributed by atoms with E-state index in [2.05, 4.69) is 10.1 Å². The highest BCUT2D eigenvalue weighted by atomic mass is 35.5. The smallest absolute Gasteiger partial charge is 0.254 e. The summed E-state index contributed by atoms with van der Waals surface area (Å²) in [5, 5.41) is 5.20. The number of nitrogens with zero attached hydrogens (tertiary/aromatic N) is 4. The van der Waals surface area contributed by atoms with Crippen molar-refractivity contribution in [3.8, 4) is 0 Å². The highest BCUT2D eigenvalue weighted by molar-refractivity contribution is 6.35. The number of hydrogen-bond donors (Lipinski definition) is 0. The molecule has 26 heavy (non-hydrogen) atoms. The van der Waals surface area contributed by atoms with Gasteiger partial charge in [-0.2, -0.15) is 5.10 Å². The fraction of sp³-hybridized carbons (Fsp3) is 0.211. The second kappa shape index (κ2) is 7.89. The first-order valence-electron chi connectivity index (χ1n) is 8.09. The SMILES string of the molecule is CC(c1ccc(Cl)cc1Cl)N(C)C(=O)c1ccc(Cn2cncn2)cc1. The van der Waals surface area contributed by atoms with Crippen LogP contribution in [0.1, 0.15) is 34.5 Å². The monoisotopic (exact) mass is 388 g/mol. The number of carbonyl (C=O) groups is 1. The molecular weight excluding hydrogens is 371 g/mol. The highest BCUT2D eigenvalue weighted by Gasteiger charge is 2.21. The predicted octanol–water partition coefficient (Wildman–Crippen LogP) is 4.47. The molecule has 1 aromatic heterocycles. The normalized spacial score (nSPS) is 12.0. The quantitative estimate of drug-likeness (QED) is 0.647. The Hall–Kier alpha value is -2.37. The van der Waals surface area contributed by atoms with Crippen molar-refractivity contribution in [2.24, 2.45) is 0 Å². The van der Waals surface area contributed by atoms with Crippen LogP contribution in [0.2, 0.25) is 10.0 Å². The lowest BCUT2D eigenvalue weighted by Crippen LogP contribution is -2.29. The molecule has 0 saturated heterocycles. The molecule has 0 aliphatic heterocycles. The molecule has 0 aliphatic rings. The van der Waals surface area contributed by atoms with Crippen LogP contribution in [0.4, 0.5) is 0 Å². The van der Waals surface area contributed by atoms with E-state index in [4.69, 9.17) is 23.2 Å². The van der Waals surface area contributed by atoms with Crippen LogP contribution in [0.3, 0.4) is 0 Å². The van der Waals surface area contributed by atoms with Gasteiger partial charge in [-0.15, -0.1) is 0 Å². The molecule has 0 radical (unpaired) electrons. The van der Waals surface area contributed by atoms with Crippen LogP contribution in [-0.4, -0.2) is 32.6 Å². The average Bonchev–Trinajstić information content (AvgIpc) is 3.13. The first-order valence-corrected chi connectivity index (χ1v) is 8.85. The molecule has 0 bridgehead atoms. The Morgan fingerprint density at radius 3 is 2.54 bits per heavy atom. The van der Waals surface area contributed by atoms with Crippen molar-refractivity contribution in [2.45, 2.75) is 19.5 Å². The molecule has 0 fully saturated rings. The van der Waals surface area contributed by atoms with Crippen LogP contribution in [-0.2, 0) is 6.54 Å². The fourth-order valence-electron chi connectivity index (χ4n) is 2.68. The molecule has 3 aromatic rings. The maximum atomic E-state index is 12.8. The molecule has 1 heterocycles. The zero-order valence-electron chi connectivity index (χ0n) is 14.4. The van der Waals surface area contributed by atoms with Crippen LogP contribution >= 0.6 is 23.2 Å². The summed E-state index contributed by atoms with van der Waals surface area (Å²) in [6, 6.07) is 12.6. The molecule has 134 valence electrons. The number of aromatic nitrogens is 3. The van der Waals surface area contributed by atoms with Gasteiger partial charge in [0.1, 0.15) is 12.7 Å². The van der Waals surface area contributed by atoms with E-state index in [-0.39, 0.29) is 11.9 Å². The third kappa shape index (κ3) is 4.06. The molecule has 0 saturated carbocycles. The molecule has 0 N–H and O–H groups in total. The third-order valence-electron chi connectivity index (χ3n) is 4.33. The standard InChI is InChI=1S/C19H18Cl2N4O/c1-13(17-8-7-16(20)9-18(17)21)24(2)19(26)15-5-3-14(4-6-15)10-25-12-22-11-23-25/h3-9,11-13H,10H2,1-2H3. The summed E-state index contributed by atoms with van der Waals surface area (Å²) >= 11 is 12.2. The summed E-state index contributed by atoms with van der Waals surface area (Å²) in [4.78, 5) is 18.4. The van der Waals surface area contributed by atoms with Crippen molar-refractivity contribution in [3.63, 3.8) is 0 Å². The van der Waals surface area contributed by atoms with Gasteiger partial charge in [-0.3, -0.25) is 4.79 Å². The van der Waals surface area contributed by atoms with Gasteiger partial charge < -0.3 is 4.90 Å². The van der Waals surface area contributed by atoms with E-state index in [0.29, 0.717) is 22.2 Å². The van der Waals surface area contributed by atoms with E-state index < -0.39 is 0 Å². The Labute approximate surface area is 162 Å². The van der Waals surface area contributed by atoms with Crippen LogP contribution in [0, 0.1) is 0 Å². The van der Waals surface area contributed by atoms with Gasteiger partial charge in [-0.05, 0) is 42.3 Å². The summed E-state index contributed by atoms with van der Waals surface area (Å²) < 4.78 is 1.73. The first-order chi connectivity index (χ1) is 12.5. The Morgan fingerprint density at radius 1 is 1.19 bits per heavy atom. The number of halogens is 2. The van der Waals surface area contributed by atoms with Crippen molar-refractivity contribution in [1.29, 1.82) is 0 Å². The van der Waals surface area contributed by atoms with Crippen LogP contribution in [0.15, 0.2) is 55.1 Å². The van der Waals surface area contributed by atoms with E-state index in [0.717, 1.165) is 11.1 Å². The minimum absolute atomic E-state index is 0.0733. The first kappa shape index (κ1) is 18.4. The number of amides is 1. The lowest BCUT2D eigenvalue weighted by Gasteiger charge is -2.26. The van der Waals surface area contributed by atoms with Gasteiger partial charge in [0.15, 0.2) is 0 Å². The minimum atomic E-state index is -0.179. The van der Waals surface area contributed by atoms with Gasteiger partial charge in [0, 0.05) is 22.7 Å². The largest absolute Gasteiger partial charge is 0.335 e. The van der Waals surface area contributed by atoms with Gasteiger partial charge in [0.05, 0.1) is 12.6 Å². The molecule has 1 atom stereocenters. The topological polar surface area (TPSA) is 51.0 Å². The third-order valence-corrected chi connectivity index (χ3v) is 4.89. The second-order valence-electron chi connectivity index (χ2n) is 6.05. The van der Waals surface area contributed by atoms with E-state index >= 15 is 0 Å². The van der Waals surface area contributed by atoms with Crippen molar-refractivity contribution >= 4 is 29.1 Å². The summed E-state index contributed by atoms with van der Waals surface area (Å²) in [6.45, 7) is 2.55. The number of carbonyl (C=O) groups excluding carboxylic acids is 1. The molecule has 3 rings (SSSR count). The van der Waals surface area contributed by atoms with Crippen molar-refractivity contribution < 1.29 is 4.79 Å². The molecule has 7 heteroatoms. The molecule has 0 spiro atoms. The molecule has 5 nitrogen and oxygen atoms in total. The summed E-state index contributed by atoms with van der Waals surface area (Å²) in [7, 11) is 1.77. The Kier molecular flexibility index (Phi) is 5.59. The van der Waals surface area contributed by atoms with Crippen LogP contribution in [0.5, 0.6) is 0 Å². The highest BCUT2D eigenvalue weighted by Crippen LogP contribution is 2.29. The zero-order chi connectivity index (χ0) is 18.7. The Bertz CT molecular complexity index is 894. The average molecular weight is 389 g/mol.